The van der Waals surface area contributed by atoms with Gasteiger partial charge in [-0.25, -0.2) is 0 Å². The third-order valence-electron chi connectivity index (χ3n) is 3.04. The van der Waals surface area contributed by atoms with Crippen molar-refractivity contribution in [3.8, 4) is 5.75 Å². The second kappa shape index (κ2) is 4.99. The number of halogens is 3. The van der Waals surface area contributed by atoms with E-state index in [1.807, 2.05) is 29.9 Å². The van der Waals surface area contributed by atoms with Gasteiger partial charge < -0.3 is 9.30 Å². The van der Waals surface area contributed by atoms with Gasteiger partial charge in [0.15, 0.2) is 0 Å². The van der Waals surface area contributed by atoms with E-state index in [2.05, 4.69) is 0 Å². The van der Waals surface area contributed by atoms with Crippen LogP contribution in [0.3, 0.4) is 0 Å². The summed E-state index contributed by atoms with van der Waals surface area (Å²) >= 11 is 0. The summed E-state index contributed by atoms with van der Waals surface area (Å²) in [7, 11) is 3.27. The minimum atomic E-state index is -4.35. The highest BCUT2D eigenvalue weighted by atomic mass is 19.4. The first-order valence-corrected chi connectivity index (χ1v) is 5.76. The zero-order valence-electron chi connectivity index (χ0n) is 10.7. The van der Waals surface area contributed by atoms with Gasteiger partial charge in [-0.1, -0.05) is 6.07 Å². The van der Waals surface area contributed by atoms with Gasteiger partial charge >= 0.3 is 6.18 Å². The second-order valence-electron chi connectivity index (χ2n) is 4.31. The van der Waals surface area contributed by atoms with Crippen LogP contribution < -0.4 is 4.74 Å². The van der Waals surface area contributed by atoms with Crippen LogP contribution in [0.5, 0.6) is 5.75 Å². The molecule has 2 aromatic rings. The molecule has 0 amide bonds. The fourth-order valence-electron chi connectivity index (χ4n) is 1.94. The molecule has 0 bridgehead atoms. The van der Waals surface area contributed by atoms with Gasteiger partial charge in [0.05, 0.1) is 12.7 Å². The summed E-state index contributed by atoms with van der Waals surface area (Å²) in [5, 5.41) is 0. The minimum Gasteiger partial charge on any atom is -0.496 e. The first kappa shape index (κ1) is 13.5. The predicted octanol–water partition coefficient (Wildman–Crippen LogP) is 3.64. The molecule has 1 heterocycles. The molecule has 0 spiro atoms. The van der Waals surface area contributed by atoms with E-state index in [1.54, 1.807) is 0 Å². The molecule has 0 saturated carbocycles. The van der Waals surface area contributed by atoms with E-state index >= 15 is 0 Å². The summed E-state index contributed by atoms with van der Waals surface area (Å²) in [6, 6.07) is 7.41. The monoisotopic (exact) mass is 269 g/mol. The summed E-state index contributed by atoms with van der Waals surface area (Å²) in [5.41, 5.74) is 1.05. The van der Waals surface area contributed by atoms with E-state index in [0.717, 1.165) is 23.4 Å². The van der Waals surface area contributed by atoms with Crippen LogP contribution in [0.1, 0.15) is 16.8 Å². The van der Waals surface area contributed by atoms with Crippen LogP contribution in [-0.4, -0.2) is 11.7 Å². The highest BCUT2D eigenvalue weighted by molar-refractivity contribution is 5.40. The molecular weight excluding hydrogens is 255 g/mol. The van der Waals surface area contributed by atoms with E-state index in [-0.39, 0.29) is 5.75 Å². The van der Waals surface area contributed by atoms with Crippen LogP contribution in [0.25, 0.3) is 0 Å². The smallest absolute Gasteiger partial charge is 0.416 e. The molecule has 0 aliphatic rings. The molecule has 2 rings (SSSR count). The predicted molar refractivity (Wildman–Crippen MR) is 66.2 cm³/mol. The zero-order valence-corrected chi connectivity index (χ0v) is 10.7. The average molecular weight is 269 g/mol. The molecule has 5 heteroatoms. The van der Waals surface area contributed by atoms with Crippen molar-refractivity contribution in [2.75, 3.05) is 7.11 Å². The number of methoxy groups -OCH3 is 1. The molecule has 102 valence electrons. The van der Waals surface area contributed by atoms with Crippen LogP contribution in [0.2, 0.25) is 0 Å². The van der Waals surface area contributed by atoms with E-state index in [9.17, 15) is 13.2 Å². The fraction of sp³-hybridized carbons (Fsp3) is 0.286. The third-order valence-corrected chi connectivity index (χ3v) is 3.04. The Hall–Kier alpha value is -1.91. The number of hydrogen-bond donors (Lipinski definition) is 0. The second-order valence-corrected chi connectivity index (χ2v) is 4.31. The Balaban J connectivity index is 2.34. The Morgan fingerprint density at radius 3 is 2.47 bits per heavy atom. The summed E-state index contributed by atoms with van der Waals surface area (Å²) in [6.07, 6.45) is -1.92. The van der Waals surface area contributed by atoms with Gasteiger partial charge in [0.25, 0.3) is 0 Å². The van der Waals surface area contributed by atoms with E-state index in [0.29, 0.717) is 6.42 Å². The normalized spacial score (nSPS) is 11.6. The molecule has 0 aliphatic carbocycles. The molecule has 0 aliphatic heterocycles. The average Bonchev–Trinajstić information content (AvgIpc) is 2.74. The van der Waals surface area contributed by atoms with Crippen molar-refractivity contribution in [2.24, 2.45) is 7.05 Å². The van der Waals surface area contributed by atoms with Crippen LogP contribution in [-0.2, 0) is 19.6 Å². The van der Waals surface area contributed by atoms with E-state index in [1.165, 1.54) is 13.2 Å². The number of alkyl halides is 3. The quantitative estimate of drug-likeness (QED) is 0.829. The number of aryl methyl sites for hydroxylation is 1. The molecule has 2 nitrogen and oxygen atoms in total. The highest BCUT2D eigenvalue weighted by Crippen LogP contribution is 2.33. The lowest BCUT2D eigenvalue weighted by Gasteiger charge is -2.13. The van der Waals surface area contributed by atoms with Crippen molar-refractivity contribution in [3.63, 3.8) is 0 Å². The minimum absolute atomic E-state index is 0.260. The number of benzene rings is 1. The van der Waals surface area contributed by atoms with Gasteiger partial charge in [-0.3, -0.25) is 0 Å². The Morgan fingerprint density at radius 1 is 1.21 bits per heavy atom. The molecule has 0 atom stereocenters. The molecule has 1 aromatic carbocycles. The van der Waals surface area contributed by atoms with E-state index in [4.69, 9.17) is 4.74 Å². The molecular formula is C14H14F3NO. The van der Waals surface area contributed by atoms with Gasteiger partial charge in [0.1, 0.15) is 5.75 Å². The van der Waals surface area contributed by atoms with Gasteiger partial charge in [-0.05, 0) is 29.8 Å². The van der Waals surface area contributed by atoms with Crippen molar-refractivity contribution >= 4 is 0 Å². The number of rotatable bonds is 3. The van der Waals surface area contributed by atoms with Crippen molar-refractivity contribution in [3.05, 3.63) is 53.3 Å². The van der Waals surface area contributed by atoms with Gasteiger partial charge in [0, 0.05) is 25.4 Å². The standard InChI is InChI=1S/C14H14F3NO/c1-18-7-3-4-12(18)8-10-5-6-11(14(15,16)17)9-13(10)19-2/h3-7,9H,8H2,1-2H3. The molecule has 0 radical (unpaired) electrons. The zero-order chi connectivity index (χ0) is 14.0. The molecule has 0 unspecified atom stereocenters. The maximum absolute atomic E-state index is 12.6. The SMILES string of the molecule is COc1cc(C(F)(F)F)ccc1Cc1cccn1C. The van der Waals surface area contributed by atoms with Gasteiger partial charge in [0.2, 0.25) is 0 Å². The molecule has 1 aromatic heterocycles. The molecule has 0 fully saturated rings. The molecule has 19 heavy (non-hydrogen) atoms. The lowest BCUT2D eigenvalue weighted by atomic mass is 10.1. The van der Waals surface area contributed by atoms with Crippen LogP contribution in [0.15, 0.2) is 36.5 Å². The van der Waals surface area contributed by atoms with Crippen LogP contribution >= 0.6 is 0 Å². The van der Waals surface area contributed by atoms with Crippen molar-refractivity contribution in [1.29, 1.82) is 0 Å². The third kappa shape index (κ3) is 2.92. The number of ether oxygens (including phenoxy) is 1. The topological polar surface area (TPSA) is 14.2 Å². The fourth-order valence-corrected chi connectivity index (χ4v) is 1.94. The van der Waals surface area contributed by atoms with Crippen molar-refractivity contribution < 1.29 is 17.9 Å². The van der Waals surface area contributed by atoms with Crippen LogP contribution in [0.4, 0.5) is 13.2 Å². The number of aromatic nitrogens is 1. The molecule has 0 N–H and O–H groups in total. The highest BCUT2D eigenvalue weighted by Gasteiger charge is 2.31. The van der Waals surface area contributed by atoms with Crippen molar-refractivity contribution in [2.45, 2.75) is 12.6 Å². The number of hydrogen-bond acceptors (Lipinski definition) is 1. The summed E-state index contributed by atoms with van der Waals surface area (Å²) < 4.78 is 44.8. The largest absolute Gasteiger partial charge is 0.496 e. The Morgan fingerprint density at radius 2 is 1.95 bits per heavy atom. The maximum atomic E-state index is 12.6. The van der Waals surface area contributed by atoms with Gasteiger partial charge in [-0.2, -0.15) is 13.2 Å². The Labute approximate surface area is 109 Å². The molecule has 0 saturated heterocycles. The van der Waals surface area contributed by atoms with Crippen LogP contribution in [0, 0.1) is 0 Å². The summed E-state index contributed by atoms with van der Waals surface area (Å²) in [4.78, 5) is 0. The Kier molecular flexibility index (Phi) is 3.55. The number of nitrogens with zero attached hydrogens (tertiary/aromatic N) is 1. The van der Waals surface area contributed by atoms with E-state index < -0.39 is 11.7 Å². The Bertz CT molecular complexity index is 572. The summed E-state index contributed by atoms with van der Waals surface area (Å²) in [6.45, 7) is 0. The van der Waals surface area contributed by atoms with Crippen molar-refractivity contribution in [1.82, 2.24) is 4.57 Å². The summed E-state index contributed by atoms with van der Waals surface area (Å²) in [5.74, 6) is 0.260. The lowest BCUT2D eigenvalue weighted by molar-refractivity contribution is -0.137. The first-order valence-electron chi connectivity index (χ1n) is 5.76. The first-order chi connectivity index (χ1) is 8.91. The maximum Gasteiger partial charge on any atom is 0.416 e. The van der Waals surface area contributed by atoms with Gasteiger partial charge in [-0.15, -0.1) is 0 Å². The lowest BCUT2D eigenvalue weighted by Crippen LogP contribution is -2.06.